The molecule has 0 aliphatic heterocycles. The molecule has 4 nitrogen and oxygen atoms in total. The number of halogens is 1. The first-order valence-electron chi connectivity index (χ1n) is 8.62. The molecule has 26 heavy (non-hydrogen) atoms. The van der Waals surface area contributed by atoms with Crippen molar-refractivity contribution in [3.63, 3.8) is 0 Å². The Morgan fingerprint density at radius 1 is 1.12 bits per heavy atom. The molecular formula is C20H19FN4S. The van der Waals surface area contributed by atoms with Gasteiger partial charge in [0.2, 0.25) is 0 Å². The number of para-hydroxylation sites is 1. The number of nitrogens with zero attached hydrogens (tertiary/aromatic N) is 3. The Balaban J connectivity index is 1.90. The second-order valence-electron chi connectivity index (χ2n) is 6.20. The van der Waals surface area contributed by atoms with Gasteiger partial charge < -0.3 is 4.98 Å². The van der Waals surface area contributed by atoms with E-state index in [2.05, 4.69) is 35.1 Å². The van der Waals surface area contributed by atoms with Crippen LogP contribution in [0.25, 0.3) is 28.0 Å². The normalized spacial score (nSPS) is 12.6. The Labute approximate surface area is 155 Å². The Hall–Kier alpha value is -2.60. The fraction of sp³-hybridized carbons (Fsp3) is 0.200. The smallest absolute Gasteiger partial charge is 0.196 e. The molecule has 2 heterocycles. The molecule has 2 aromatic carbocycles. The zero-order chi connectivity index (χ0) is 18.1. The van der Waals surface area contributed by atoms with Gasteiger partial charge in [-0.3, -0.25) is 4.57 Å². The average Bonchev–Trinajstić information content (AvgIpc) is 3.26. The van der Waals surface area contributed by atoms with Crippen molar-refractivity contribution in [1.29, 1.82) is 0 Å². The number of H-pyrrole nitrogens is 1. The van der Waals surface area contributed by atoms with Crippen LogP contribution in [-0.2, 0) is 0 Å². The Morgan fingerprint density at radius 3 is 2.65 bits per heavy atom. The fourth-order valence-electron chi connectivity index (χ4n) is 2.86. The van der Waals surface area contributed by atoms with E-state index < -0.39 is 0 Å². The van der Waals surface area contributed by atoms with E-state index in [-0.39, 0.29) is 5.82 Å². The first kappa shape index (κ1) is 16.8. The van der Waals surface area contributed by atoms with E-state index in [1.807, 2.05) is 29.0 Å². The van der Waals surface area contributed by atoms with Gasteiger partial charge in [-0.15, -0.1) is 10.2 Å². The number of hydrogen-bond acceptors (Lipinski definition) is 3. The lowest BCUT2D eigenvalue weighted by Crippen LogP contribution is -2.02. The molecule has 1 N–H and O–H groups in total. The summed E-state index contributed by atoms with van der Waals surface area (Å²) >= 11 is 1.68. The lowest BCUT2D eigenvalue weighted by Gasteiger charge is -2.12. The van der Waals surface area contributed by atoms with Crippen molar-refractivity contribution in [2.75, 3.05) is 0 Å². The van der Waals surface area contributed by atoms with Gasteiger partial charge in [-0.2, -0.15) is 0 Å². The second kappa shape index (κ2) is 6.96. The summed E-state index contributed by atoms with van der Waals surface area (Å²) in [6, 6.07) is 14.6. The molecule has 132 valence electrons. The summed E-state index contributed by atoms with van der Waals surface area (Å²) < 4.78 is 15.4. The van der Waals surface area contributed by atoms with E-state index in [0.717, 1.165) is 39.6 Å². The van der Waals surface area contributed by atoms with Gasteiger partial charge in [0.15, 0.2) is 11.0 Å². The van der Waals surface area contributed by atoms with E-state index >= 15 is 0 Å². The molecule has 0 saturated heterocycles. The van der Waals surface area contributed by atoms with Crippen LogP contribution < -0.4 is 0 Å². The summed E-state index contributed by atoms with van der Waals surface area (Å²) in [6.07, 6.45) is 2.98. The molecule has 2 aromatic heterocycles. The highest BCUT2D eigenvalue weighted by atomic mass is 32.2. The Kier molecular flexibility index (Phi) is 4.51. The molecule has 0 amide bonds. The molecule has 0 saturated carbocycles. The molecular weight excluding hydrogens is 347 g/mol. The second-order valence-corrected chi connectivity index (χ2v) is 7.61. The van der Waals surface area contributed by atoms with Crippen LogP contribution in [0.4, 0.5) is 4.39 Å². The van der Waals surface area contributed by atoms with Crippen LogP contribution in [0.3, 0.4) is 0 Å². The van der Waals surface area contributed by atoms with E-state index in [1.165, 1.54) is 12.1 Å². The van der Waals surface area contributed by atoms with Crippen LogP contribution in [0.1, 0.15) is 20.3 Å². The zero-order valence-electron chi connectivity index (χ0n) is 14.6. The van der Waals surface area contributed by atoms with Gasteiger partial charge in [0.25, 0.3) is 0 Å². The highest BCUT2D eigenvalue weighted by molar-refractivity contribution is 7.99. The number of thioether (sulfide) groups is 1. The maximum atomic E-state index is 13.4. The van der Waals surface area contributed by atoms with Gasteiger partial charge in [-0.25, -0.2) is 4.39 Å². The summed E-state index contributed by atoms with van der Waals surface area (Å²) in [5, 5.41) is 11.2. The van der Waals surface area contributed by atoms with Gasteiger partial charge in [-0.05, 0) is 36.8 Å². The van der Waals surface area contributed by atoms with Crippen molar-refractivity contribution in [1.82, 2.24) is 19.7 Å². The van der Waals surface area contributed by atoms with Crippen molar-refractivity contribution >= 4 is 22.7 Å². The van der Waals surface area contributed by atoms with E-state index in [1.54, 1.807) is 23.9 Å². The fourth-order valence-corrected chi connectivity index (χ4v) is 3.78. The van der Waals surface area contributed by atoms with Gasteiger partial charge in [0.05, 0.1) is 0 Å². The van der Waals surface area contributed by atoms with Crippen molar-refractivity contribution < 1.29 is 4.39 Å². The van der Waals surface area contributed by atoms with Gasteiger partial charge in [0.1, 0.15) is 5.82 Å². The molecule has 0 aliphatic carbocycles. The van der Waals surface area contributed by atoms with Crippen LogP contribution >= 0.6 is 11.8 Å². The van der Waals surface area contributed by atoms with Gasteiger partial charge in [-0.1, -0.05) is 43.8 Å². The highest BCUT2D eigenvalue weighted by Crippen LogP contribution is 2.34. The molecule has 4 aromatic rings. The quantitative estimate of drug-likeness (QED) is 0.478. The SMILES string of the molecule is CC[C@@H](C)Sc1nnc(-c2c[nH]c3ccccc23)n1-c1ccc(F)cc1. The molecule has 0 aliphatic rings. The number of aromatic amines is 1. The number of hydrogen-bond donors (Lipinski definition) is 1. The first-order valence-corrected chi connectivity index (χ1v) is 9.50. The Morgan fingerprint density at radius 2 is 1.88 bits per heavy atom. The van der Waals surface area contributed by atoms with Crippen LogP contribution in [0.15, 0.2) is 59.9 Å². The summed E-state index contributed by atoms with van der Waals surface area (Å²) in [5.74, 6) is 0.492. The predicted octanol–water partition coefficient (Wildman–Crippen LogP) is 5.45. The van der Waals surface area contributed by atoms with Crippen LogP contribution in [-0.4, -0.2) is 25.0 Å². The monoisotopic (exact) mass is 366 g/mol. The first-order chi connectivity index (χ1) is 12.7. The largest absolute Gasteiger partial charge is 0.360 e. The third-order valence-electron chi connectivity index (χ3n) is 4.43. The third kappa shape index (κ3) is 3.01. The third-order valence-corrected chi connectivity index (χ3v) is 5.64. The van der Waals surface area contributed by atoms with E-state index in [4.69, 9.17) is 0 Å². The number of fused-ring (bicyclic) bond motifs is 1. The lowest BCUT2D eigenvalue weighted by atomic mass is 10.1. The Bertz CT molecular complexity index is 1040. The number of nitrogens with one attached hydrogen (secondary N) is 1. The van der Waals surface area contributed by atoms with E-state index in [0.29, 0.717) is 5.25 Å². The van der Waals surface area contributed by atoms with Gasteiger partial charge in [0, 0.05) is 33.6 Å². The maximum Gasteiger partial charge on any atom is 0.196 e. The van der Waals surface area contributed by atoms with Crippen molar-refractivity contribution in [2.24, 2.45) is 0 Å². The average molecular weight is 366 g/mol. The maximum absolute atomic E-state index is 13.4. The minimum absolute atomic E-state index is 0.258. The molecule has 0 spiro atoms. The minimum Gasteiger partial charge on any atom is -0.360 e. The molecule has 0 fully saturated rings. The van der Waals surface area contributed by atoms with E-state index in [9.17, 15) is 4.39 Å². The number of aromatic nitrogens is 4. The standard InChI is InChI=1S/C20H19FN4S/c1-3-13(2)26-20-24-23-19(25(20)15-10-8-14(21)9-11-15)17-12-22-18-7-5-4-6-16(17)18/h4-13,22H,3H2,1-2H3/t13-/m1/s1. The lowest BCUT2D eigenvalue weighted by molar-refractivity contribution is 0.627. The minimum atomic E-state index is -0.258. The molecule has 6 heteroatoms. The highest BCUT2D eigenvalue weighted by Gasteiger charge is 2.20. The number of rotatable bonds is 5. The zero-order valence-corrected chi connectivity index (χ0v) is 15.4. The van der Waals surface area contributed by atoms with Crippen molar-refractivity contribution in [2.45, 2.75) is 30.7 Å². The van der Waals surface area contributed by atoms with Crippen LogP contribution in [0.5, 0.6) is 0 Å². The van der Waals surface area contributed by atoms with Crippen molar-refractivity contribution in [3.8, 4) is 17.1 Å². The molecule has 0 radical (unpaired) electrons. The molecule has 0 bridgehead atoms. The summed E-state index contributed by atoms with van der Waals surface area (Å²) in [4.78, 5) is 3.29. The topological polar surface area (TPSA) is 46.5 Å². The summed E-state index contributed by atoms with van der Waals surface area (Å²) in [6.45, 7) is 4.32. The summed E-state index contributed by atoms with van der Waals surface area (Å²) in [5.41, 5.74) is 2.88. The van der Waals surface area contributed by atoms with Crippen LogP contribution in [0, 0.1) is 5.82 Å². The molecule has 1 atom stereocenters. The number of benzene rings is 2. The molecule has 0 unspecified atom stereocenters. The van der Waals surface area contributed by atoms with Crippen molar-refractivity contribution in [3.05, 3.63) is 60.5 Å². The molecule has 4 rings (SSSR count). The van der Waals surface area contributed by atoms with Crippen LogP contribution in [0.2, 0.25) is 0 Å². The van der Waals surface area contributed by atoms with Gasteiger partial charge >= 0.3 is 0 Å². The summed E-state index contributed by atoms with van der Waals surface area (Å²) in [7, 11) is 0. The predicted molar refractivity (Wildman–Crippen MR) is 104 cm³/mol.